The summed E-state index contributed by atoms with van der Waals surface area (Å²) in [4.78, 5) is 3.68. The summed E-state index contributed by atoms with van der Waals surface area (Å²) in [6, 6.07) is 0. The van der Waals surface area contributed by atoms with Crippen molar-refractivity contribution in [3.8, 4) is 0 Å². The molecule has 0 aliphatic heterocycles. The lowest BCUT2D eigenvalue weighted by Crippen LogP contribution is -2.06. The largest absolute Gasteiger partial charge is 0.234 e. The molecule has 1 aromatic rings. The molecule has 0 spiro atoms. The first-order chi connectivity index (χ1) is 5.17. The van der Waals surface area contributed by atoms with Crippen LogP contribution in [-0.2, 0) is 9.84 Å². The zero-order valence-corrected chi connectivity index (χ0v) is 7.92. The topological polar surface area (TPSA) is 47.0 Å². The van der Waals surface area contributed by atoms with E-state index in [2.05, 4.69) is 4.98 Å². The molecule has 0 aromatic carbocycles. The van der Waals surface area contributed by atoms with Crippen molar-refractivity contribution >= 4 is 32.8 Å². The molecule has 1 aromatic heterocycles. The van der Waals surface area contributed by atoms with Gasteiger partial charge < -0.3 is 0 Å². The third kappa shape index (κ3) is 2.15. The Bertz CT molecular complexity index is 305. The molecule has 0 atom stereocenters. The molecule has 62 valence electrons. The van der Waals surface area contributed by atoms with E-state index < -0.39 is 9.84 Å². The van der Waals surface area contributed by atoms with Gasteiger partial charge in [-0.2, -0.15) is 0 Å². The summed E-state index contributed by atoms with van der Waals surface area (Å²) in [7, 11) is -3.19. The molecule has 3 nitrogen and oxygen atoms in total. The SMILES string of the molecule is O=S(=O)(CCCl)c1nccs1. The second-order valence-corrected chi connectivity index (χ2v) is 5.36. The first-order valence-corrected chi connectivity index (χ1v) is 5.91. The van der Waals surface area contributed by atoms with E-state index in [-0.39, 0.29) is 16.0 Å². The number of hydrogen-bond acceptors (Lipinski definition) is 4. The Morgan fingerprint density at radius 1 is 1.64 bits per heavy atom. The van der Waals surface area contributed by atoms with Crippen LogP contribution in [0.5, 0.6) is 0 Å². The van der Waals surface area contributed by atoms with Crippen LogP contribution in [0.25, 0.3) is 0 Å². The van der Waals surface area contributed by atoms with E-state index in [1.807, 2.05) is 0 Å². The predicted octanol–water partition coefficient (Wildman–Crippen LogP) is 1.16. The Balaban J connectivity index is 2.92. The minimum atomic E-state index is -3.19. The number of sulfone groups is 1. The van der Waals surface area contributed by atoms with E-state index in [0.717, 1.165) is 11.3 Å². The van der Waals surface area contributed by atoms with Crippen LogP contribution in [0.3, 0.4) is 0 Å². The van der Waals surface area contributed by atoms with Gasteiger partial charge in [0.25, 0.3) is 0 Å². The number of rotatable bonds is 3. The molecule has 0 N–H and O–H groups in total. The van der Waals surface area contributed by atoms with Crippen molar-refractivity contribution in [2.75, 3.05) is 11.6 Å². The van der Waals surface area contributed by atoms with Crippen LogP contribution in [0.2, 0.25) is 0 Å². The van der Waals surface area contributed by atoms with Crippen LogP contribution in [0.4, 0.5) is 0 Å². The molecule has 0 saturated carbocycles. The van der Waals surface area contributed by atoms with E-state index in [1.54, 1.807) is 5.38 Å². The minimum Gasteiger partial charge on any atom is -0.234 e. The van der Waals surface area contributed by atoms with Gasteiger partial charge in [-0.3, -0.25) is 0 Å². The van der Waals surface area contributed by atoms with Gasteiger partial charge in [0, 0.05) is 17.5 Å². The van der Waals surface area contributed by atoms with Gasteiger partial charge in [0.2, 0.25) is 14.2 Å². The van der Waals surface area contributed by atoms with Gasteiger partial charge in [-0.15, -0.1) is 22.9 Å². The van der Waals surface area contributed by atoms with Crippen molar-refractivity contribution in [1.82, 2.24) is 4.98 Å². The normalized spacial score (nSPS) is 11.7. The summed E-state index contributed by atoms with van der Waals surface area (Å²) in [6.07, 6.45) is 1.46. The summed E-state index contributed by atoms with van der Waals surface area (Å²) in [6.45, 7) is 0. The van der Waals surface area contributed by atoms with Gasteiger partial charge >= 0.3 is 0 Å². The maximum absolute atomic E-state index is 11.2. The summed E-state index contributed by atoms with van der Waals surface area (Å²) in [5, 5.41) is 1.63. The number of alkyl halides is 1. The molecule has 0 unspecified atom stereocenters. The third-order valence-corrected chi connectivity index (χ3v) is 4.43. The molecule has 0 aliphatic carbocycles. The van der Waals surface area contributed by atoms with Crippen LogP contribution >= 0.6 is 22.9 Å². The van der Waals surface area contributed by atoms with Crippen LogP contribution < -0.4 is 0 Å². The number of thiazole rings is 1. The van der Waals surface area contributed by atoms with Crippen molar-refractivity contribution in [3.05, 3.63) is 11.6 Å². The minimum absolute atomic E-state index is 0.0396. The predicted molar refractivity (Wildman–Crippen MR) is 44.9 cm³/mol. The van der Waals surface area contributed by atoms with Crippen LogP contribution in [0.1, 0.15) is 0 Å². The molecular formula is C5H6ClNO2S2. The summed E-state index contributed by atoms with van der Waals surface area (Å²) in [5.74, 6) is 0.0734. The van der Waals surface area contributed by atoms with Gasteiger partial charge in [0.05, 0.1) is 5.75 Å². The van der Waals surface area contributed by atoms with E-state index in [1.165, 1.54) is 6.20 Å². The van der Waals surface area contributed by atoms with Crippen LogP contribution in [-0.4, -0.2) is 25.0 Å². The Labute approximate surface area is 73.9 Å². The van der Waals surface area contributed by atoms with Gasteiger partial charge in [-0.05, 0) is 0 Å². The lowest BCUT2D eigenvalue weighted by molar-refractivity contribution is 0.596. The molecular weight excluding hydrogens is 206 g/mol. The average Bonchev–Trinajstić information content (AvgIpc) is 2.37. The van der Waals surface area contributed by atoms with Crippen molar-refractivity contribution in [2.24, 2.45) is 0 Å². The highest BCUT2D eigenvalue weighted by molar-refractivity contribution is 7.93. The summed E-state index contributed by atoms with van der Waals surface area (Å²) in [5.41, 5.74) is 0. The van der Waals surface area contributed by atoms with Crippen molar-refractivity contribution < 1.29 is 8.42 Å². The summed E-state index contributed by atoms with van der Waals surface area (Å²) < 4.78 is 22.5. The fraction of sp³-hybridized carbons (Fsp3) is 0.400. The number of halogens is 1. The molecule has 1 heterocycles. The Hall–Kier alpha value is -0.130. The van der Waals surface area contributed by atoms with Crippen molar-refractivity contribution in [3.63, 3.8) is 0 Å². The molecule has 0 bridgehead atoms. The quantitative estimate of drug-likeness (QED) is 0.705. The lowest BCUT2D eigenvalue weighted by Gasteiger charge is -1.93. The second-order valence-electron chi connectivity index (χ2n) is 1.81. The molecule has 0 amide bonds. The summed E-state index contributed by atoms with van der Waals surface area (Å²) >= 11 is 6.41. The molecule has 0 radical (unpaired) electrons. The highest BCUT2D eigenvalue weighted by Gasteiger charge is 2.15. The fourth-order valence-corrected chi connectivity index (χ4v) is 3.12. The first-order valence-electron chi connectivity index (χ1n) is 2.85. The van der Waals surface area contributed by atoms with E-state index >= 15 is 0 Å². The zero-order valence-electron chi connectivity index (χ0n) is 5.53. The standard InChI is InChI=1S/C5H6ClNO2S2/c6-1-4-11(8,9)5-7-2-3-10-5/h2-3H,1,4H2. The number of aromatic nitrogens is 1. The lowest BCUT2D eigenvalue weighted by atomic mass is 11.0. The smallest absolute Gasteiger partial charge is 0.209 e. The van der Waals surface area contributed by atoms with Crippen molar-refractivity contribution in [2.45, 2.75) is 4.34 Å². The molecule has 0 fully saturated rings. The van der Waals surface area contributed by atoms with Crippen LogP contribution in [0.15, 0.2) is 15.9 Å². The molecule has 6 heteroatoms. The fourth-order valence-electron chi connectivity index (χ4n) is 0.553. The van der Waals surface area contributed by atoms with Gasteiger partial charge in [0.1, 0.15) is 0 Å². The third-order valence-electron chi connectivity index (χ3n) is 1.02. The molecule has 0 aliphatic rings. The Kier molecular flexibility index (Phi) is 2.86. The highest BCUT2D eigenvalue weighted by Crippen LogP contribution is 2.13. The average molecular weight is 212 g/mol. The maximum Gasteiger partial charge on any atom is 0.209 e. The first kappa shape index (κ1) is 8.96. The van der Waals surface area contributed by atoms with Gasteiger partial charge in [0.15, 0.2) is 0 Å². The van der Waals surface area contributed by atoms with Gasteiger partial charge in [-0.1, -0.05) is 0 Å². The molecule has 0 saturated heterocycles. The van der Waals surface area contributed by atoms with E-state index in [4.69, 9.17) is 11.6 Å². The monoisotopic (exact) mass is 211 g/mol. The Morgan fingerprint density at radius 3 is 2.82 bits per heavy atom. The number of nitrogens with zero attached hydrogens (tertiary/aromatic N) is 1. The maximum atomic E-state index is 11.2. The zero-order chi connectivity index (χ0) is 8.32. The Morgan fingerprint density at radius 2 is 2.36 bits per heavy atom. The number of hydrogen-bond donors (Lipinski definition) is 0. The van der Waals surface area contributed by atoms with Crippen LogP contribution in [0, 0.1) is 0 Å². The van der Waals surface area contributed by atoms with E-state index in [9.17, 15) is 8.42 Å². The van der Waals surface area contributed by atoms with E-state index in [0.29, 0.717) is 0 Å². The second kappa shape index (κ2) is 3.51. The van der Waals surface area contributed by atoms with Crippen molar-refractivity contribution in [1.29, 1.82) is 0 Å². The molecule has 11 heavy (non-hydrogen) atoms. The van der Waals surface area contributed by atoms with Gasteiger partial charge in [-0.25, -0.2) is 13.4 Å². The highest BCUT2D eigenvalue weighted by atomic mass is 35.5. The molecule has 1 rings (SSSR count).